The van der Waals surface area contributed by atoms with Crippen molar-refractivity contribution in [1.29, 1.82) is 0 Å². The van der Waals surface area contributed by atoms with E-state index in [0.717, 1.165) is 12.3 Å². The molecule has 0 spiro atoms. The van der Waals surface area contributed by atoms with Crippen molar-refractivity contribution in [2.24, 2.45) is 11.8 Å². The Morgan fingerprint density at radius 3 is 2.86 bits per heavy atom. The summed E-state index contributed by atoms with van der Waals surface area (Å²) >= 11 is 0. The molecule has 1 aromatic rings. The molecule has 3 rings (SSSR count). The standard InChI is InChI=1S/C17H22O4/c1-10-3-2-4-11(5-10)6-14-8-12-7-13(18)9-15(19)16(12)17(20)21-14/h7,9-11,14,18-19H,2-6,8H2,1H3/t10-,11-,14-/m0/s1. The molecule has 0 radical (unpaired) electrons. The van der Waals surface area contributed by atoms with Crippen LogP contribution in [-0.4, -0.2) is 22.3 Å². The molecular formula is C17H22O4. The van der Waals surface area contributed by atoms with Gasteiger partial charge in [0.15, 0.2) is 0 Å². The molecule has 1 aliphatic carbocycles. The minimum atomic E-state index is -0.470. The van der Waals surface area contributed by atoms with Crippen LogP contribution in [0.25, 0.3) is 0 Å². The summed E-state index contributed by atoms with van der Waals surface area (Å²) in [5.41, 5.74) is 0.902. The number of rotatable bonds is 2. The van der Waals surface area contributed by atoms with Crippen molar-refractivity contribution in [2.75, 3.05) is 0 Å². The lowest BCUT2D eigenvalue weighted by molar-refractivity contribution is 0.0166. The highest BCUT2D eigenvalue weighted by molar-refractivity contribution is 5.95. The number of carbonyl (C=O) groups excluding carboxylic acids is 1. The second-order valence-corrected chi connectivity index (χ2v) is 6.60. The summed E-state index contributed by atoms with van der Waals surface area (Å²) < 4.78 is 5.49. The molecule has 2 N–H and O–H groups in total. The van der Waals surface area contributed by atoms with E-state index in [1.54, 1.807) is 6.07 Å². The van der Waals surface area contributed by atoms with Gasteiger partial charge in [0.2, 0.25) is 0 Å². The van der Waals surface area contributed by atoms with Gasteiger partial charge in [0.05, 0.1) is 0 Å². The molecule has 2 aliphatic rings. The maximum atomic E-state index is 12.1. The zero-order valence-electron chi connectivity index (χ0n) is 12.3. The van der Waals surface area contributed by atoms with E-state index in [2.05, 4.69) is 6.92 Å². The van der Waals surface area contributed by atoms with Crippen LogP contribution in [0.15, 0.2) is 12.1 Å². The largest absolute Gasteiger partial charge is 0.508 e. The van der Waals surface area contributed by atoms with Gasteiger partial charge < -0.3 is 14.9 Å². The van der Waals surface area contributed by atoms with Gasteiger partial charge in [0, 0.05) is 12.5 Å². The Morgan fingerprint density at radius 2 is 2.10 bits per heavy atom. The van der Waals surface area contributed by atoms with Crippen LogP contribution in [0, 0.1) is 11.8 Å². The van der Waals surface area contributed by atoms with Gasteiger partial charge in [-0.05, 0) is 36.3 Å². The van der Waals surface area contributed by atoms with E-state index in [-0.39, 0.29) is 23.2 Å². The molecule has 0 saturated heterocycles. The molecule has 114 valence electrons. The second-order valence-electron chi connectivity index (χ2n) is 6.60. The van der Waals surface area contributed by atoms with Gasteiger partial charge in [-0.3, -0.25) is 0 Å². The molecular weight excluding hydrogens is 268 g/mol. The first-order valence-corrected chi connectivity index (χ1v) is 7.78. The fraction of sp³-hybridized carbons (Fsp3) is 0.588. The van der Waals surface area contributed by atoms with Gasteiger partial charge in [0.25, 0.3) is 0 Å². The van der Waals surface area contributed by atoms with Crippen LogP contribution in [-0.2, 0) is 11.2 Å². The Balaban J connectivity index is 1.74. The highest BCUT2D eigenvalue weighted by Crippen LogP contribution is 2.37. The predicted octanol–water partition coefficient (Wildman–Crippen LogP) is 3.40. The lowest BCUT2D eigenvalue weighted by Gasteiger charge is -2.32. The van der Waals surface area contributed by atoms with Crippen LogP contribution in [0.3, 0.4) is 0 Å². The Morgan fingerprint density at radius 1 is 1.29 bits per heavy atom. The molecule has 3 atom stereocenters. The summed E-state index contributed by atoms with van der Waals surface area (Å²) in [7, 11) is 0. The van der Waals surface area contributed by atoms with Crippen molar-refractivity contribution in [3.05, 3.63) is 23.3 Å². The van der Waals surface area contributed by atoms with Crippen LogP contribution < -0.4 is 0 Å². The van der Waals surface area contributed by atoms with Crippen molar-refractivity contribution in [3.8, 4) is 11.5 Å². The highest BCUT2D eigenvalue weighted by atomic mass is 16.5. The molecule has 0 amide bonds. The number of ether oxygens (including phenoxy) is 1. The molecule has 1 fully saturated rings. The van der Waals surface area contributed by atoms with Gasteiger partial charge in [-0.15, -0.1) is 0 Å². The number of phenolic OH excluding ortho intramolecular Hbond substituents is 2. The number of phenols is 2. The monoisotopic (exact) mass is 290 g/mol. The molecule has 21 heavy (non-hydrogen) atoms. The molecule has 1 aromatic carbocycles. The normalized spacial score (nSPS) is 28.8. The minimum absolute atomic E-state index is 0.00834. The Bertz CT molecular complexity index is 552. The van der Waals surface area contributed by atoms with E-state index >= 15 is 0 Å². The number of cyclic esters (lactones) is 1. The zero-order chi connectivity index (χ0) is 15.0. The average Bonchev–Trinajstić information content (AvgIpc) is 2.37. The van der Waals surface area contributed by atoms with Gasteiger partial charge in [-0.1, -0.05) is 26.2 Å². The number of hydrogen-bond donors (Lipinski definition) is 2. The summed E-state index contributed by atoms with van der Waals surface area (Å²) in [5.74, 6) is 0.691. The maximum Gasteiger partial charge on any atom is 0.342 e. The van der Waals surface area contributed by atoms with E-state index in [0.29, 0.717) is 17.9 Å². The Kier molecular flexibility index (Phi) is 3.79. The predicted molar refractivity (Wildman–Crippen MR) is 78.4 cm³/mol. The lowest BCUT2D eigenvalue weighted by Crippen LogP contribution is -2.30. The minimum Gasteiger partial charge on any atom is -0.508 e. The number of aromatic hydroxyl groups is 2. The summed E-state index contributed by atoms with van der Waals surface area (Å²) in [4.78, 5) is 12.1. The number of carbonyl (C=O) groups is 1. The molecule has 4 heteroatoms. The van der Waals surface area contributed by atoms with E-state index in [1.165, 1.54) is 31.7 Å². The first-order valence-electron chi connectivity index (χ1n) is 7.78. The first-order chi connectivity index (χ1) is 10.0. The van der Waals surface area contributed by atoms with Crippen molar-refractivity contribution in [3.63, 3.8) is 0 Å². The average molecular weight is 290 g/mol. The van der Waals surface area contributed by atoms with E-state index in [9.17, 15) is 15.0 Å². The zero-order valence-corrected chi connectivity index (χ0v) is 12.3. The van der Waals surface area contributed by atoms with Crippen LogP contribution in [0.5, 0.6) is 11.5 Å². The van der Waals surface area contributed by atoms with E-state index < -0.39 is 5.97 Å². The molecule has 1 aliphatic heterocycles. The summed E-state index contributed by atoms with van der Waals surface area (Å²) in [6, 6.07) is 2.75. The molecule has 0 bridgehead atoms. The van der Waals surface area contributed by atoms with Gasteiger partial charge in [-0.2, -0.15) is 0 Å². The fourth-order valence-electron chi connectivity index (χ4n) is 3.84. The van der Waals surface area contributed by atoms with Gasteiger partial charge in [0.1, 0.15) is 23.2 Å². The smallest absolute Gasteiger partial charge is 0.342 e. The van der Waals surface area contributed by atoms with Crippen molar-refractivity contribution in [1.82, 2.24) is 0 Å². The molecule has 4 nitrogen and oxygen atoms in total. The number of hydrogen-bond acceptors (Lipinski definition) is 4. The number of benzene rings is 1. The highest BCUT2D eigenvalue weighted by Gasteiger charge is 2.32. The van der Waals surface area contributed by atoms with Crippen LogP contribution in [0.4, 0.5) is 0 Å². The number of esters is 1. The molecule has 1 saturated carbocycles. The van der Waals surface area contributed by atoms with Crippen molar-refractivity contribution in [2.45, 2.75) is 51.6 Å². The molecule has 1 heterocycles. The van der Waals surface area contributed by atoms with Crippen molar-refractivity contribution < 1.29 is 19.7 Å². The topological polar surface area (TPSA) is 66.8 Å². The van der Waals surface area contributed by atoms with E-state index in [1.807, 2.05) is 0 Å². The maximum absolute atomic E-state index is 12.1. The quantitative estimate of drug-likeness (QED) is 0.819. The van der Waals surface area contributed by atoms with Gasteiger partial charge >= 0.3 is 5.97 Å². The Labute approximate surface area is 124 Å². The van der Waals surface area contributed by atoms with E-state index in [4.69, 9.17) is 4.74 Å². The lowest BCUT2D eigenvalue weighted by atomic mass is 9.79. The first kappa shape index (κ1) is 14.2. The molecule has 0 unspecified atom stereocenters. The van der Waals surface area contributed by atoms with Crippen LogP contribution >= 0.6 is 0 Å². The third kappa shape index (κ3) is 2.99. The third-order valence-corrected chi connectivity index (χ3v) is 4.75. The summed E-state index contributed by atoms with van der Waals surface area (Å²) in [5, 5.41) is 19.4. The SMILES string of the molecule is C[C@H]1CCC[C@H](C[C@H]2Cc3cc(O)cc(O)c3C(=O)O2)C1. The summed E-state index contributed by atoms with van der Waals surface area (Å²) in [6.07, 6.45) is 6.28. The second kappa shape index (κ2) is 5.58. The number of fused-ring (bicyclic) bond motifs is 1. The van der Waals surface area contributed by atoms with Crippen molar-refractivity contribution >= 4 is 5.97 Å². The van der Waals surface area contributed by atoms with Gasteiger partial charge in [-0.25, -0.2) is 4.79 Å². The molecule has 0 aromatic heterocycles. The Hall–Kier alpha value is -1.71. The van der Waals surface area contributed by atoms with Crippen LogP contribution in [0.2, 0.25) is 0 Å². The third-order valence-electron chi connectivity index (χ3n) is 4.75. The fourth-order valence-corrected chi connectivity index (χ4v) is 3.84. The summed E-state index contributed by atoms with van der Waals surface area (Å²) in [6.45, 7) is 2.28. The van der Waals surface area contributed by atoms with Crippen LogP contribution in [0.1, 0.15) is 54.9 Å².